The van der Waals surface area contributed by atoms with Crippen molar-refractivity contribution in [3.8, 4) is 11.8 Å². The van der Waals surface area contributed by atoms with Gasteiger partial charge in [0.1, 0.15) is 17.4 Å². The maximum absolute atomic E-state index is 12.6. The molecule has 4 heteroatoms. The Morgan fingerprint density at radius 1 is 1.07 bits per heavy atom. The van der Waals surface area contributed by atoms with E-state index in [1.807, 2.05) is 72.8 Å². The smallest absolute Gasteiger partial charge is 0.266 e. The van der Waals surface area contributed by atoms with Crippen molar-refractivity contribution < 1.29 is 9.53 Å². The number of nitriles is 1. The zero-order chi connectivity index (χ0) is 19.9. The maximum atomic E-state index is 12.6. The second-order valence-electron chi connectivity index (χ2n) is 6.92. The molecule has 0 unspecified atom stereocenters. The fourth-order valence-electron chi connectivity index (χ4n) is 2.76. The molecular weight excluding hydrogens is 348 g/mol. The second-order valence-corrected chi connectivity index (χ2v) is 6.92. The number of nitrogens with one attached hydrogen (secondary N) is 1. The van der Waals surface area contributed by atoms with Gasteiger partial charge in [0.15, 0.2) is 0 Å². The van der Waals surface area contributed by atoms with Gasteiger partial charge in [0.25, 0.3) is 5.91 Å². The highest BCUT2D eigenvalue weighted by Crippen LogP contribution is 2.23. The minimum atomic E-state index is -0.431. The van der Waals surface area contributed by atoms with Crippen LogP contribution < -0.4 is 10.1 Å². The molecule has 0 saturated carbocycles. The molecule has 0 bridgehead atoms. The molecule has 3 rings (SSSR count). The van der Waals surface area contributed by atoms with Crippen LogP contribution in [0.1, 0.15) is 19.4 Å². The lowest BCUT2D eigenvalue weighted by Crippen LogP contribution is -2.13. The van der Waals surface area contributed by atoms with Crippen molar-refractivity contribution in [2.24, 2.45) is 5.92 Å². The number of fused-ring (bicyclic) bond motifs is 1. The van der Waals surface area contributed by atoms with Crippen molar-refractivity contribution in [3.05, 3.63) is 77.9 Å². The van der Waals surface area contributed by atoms with E-state index in [1.165, 1.54) is 0 Å². The number of ether oxygens (including phenoxy) is 1. The summed E-state index contributed by atoms with van der Waals surface area (Å²) in [6, 6.07) is 22.8. The molecule has 0 heterocycles. The number of nitrogens with zero attached hydrogens (tertiary/aromatic N) is 1. The molecule has 0 fully saturated rings. The van der Waals surface area contributed by atoms with Crippen LogP contribution in [0.4, 0.5) is 5.69 Å². The average molecular weight is 370 g/mol. The van der Waals surface area contributed by atoms with E-state index in [2.05, 4.69) is 19.2 Å². The van der Waals surface area contributed by atoms with Crippen molar-refractivity contribution >= 4 is 28.4 Å². The van der Waals surface area contributed by atoms with E-state index in [-0.39, 0.29) is 5.57 Å². The molecule has 28 heavy (non-hydrogen) atoms. The highest BCUT2D eigenvalue weighted by molar-refractivity contribution is 6.12. The number of benzene rings is 3. The number of carbonyl (C=O) groups is 1. The fraction of sp³-hybridized carbons (Fsp3) is 0.167. The first kappa shape index (κ1) is 19.2. The Morgan fingerprint density at radius 2 is 1.79 bits per heavy atom. The first-order chi connectivity index (χ1) is 13.6. The average Bonchev–Trinajstić information content (AvgIpc) is 2.71. The van der Waals surface area contributed by atoms with E-state index in [0.29, 0.717) is 18.2 Å². The summed E-state index contributed by atoms with van der Waals surface area (Å²) < 4.78 is 5.66. The van der Waals surface area contributed by atoms with Crippen LogP contribution in [0.3, 0.4) is 0 Å². The van der Waals surface area contributed by atoms with Crippen molar-refractivity contribution in [3.63, 3.8) is 0 Å². The quantitative estimate of drug-likeness (QED) is 0.465. The van der Waals surface area contributed by atoms with Gasteiger partial charge in [0.2, 0.25) is 0 Å². The van der Waals surface area contributed by atoms with Crippen molar-refractivity contribution in [2.45, 2.75) is 13.8 Å². The van der Waals surface area contributed by atoms with Crippen molar-refractivity contribution in [1.82, 2.24) is 0 Å². The molecule has 0 saturated heterocycles. The molecule has 0 aliphatic rings. The molecule has 1 N–H and O–H groups in total. The summed E-state index contributed by atoms with van der Waals surface area (Å²) in [4.78, 5) is 12.6. The first-order valence-corrected chi connectivity index (χ1v) is 9.20. The van der Waals surface area contributed by atoms with Crippen LogP contribution in [0, 0.1) is 17.2 Å². The van der Waals surface area contributed by atoms with Gasteiger partial charge in [-0.1, -0.05) is 62.4 Å². The summed E-state index contributed by atoms with van der Waals surface area (Å²) in [5, 5.41) is 14.3. The molecule has 0 aliphatic heterocycles. The van der Waals surface area contributed by atoms with Gasteiger partial charge in [-0.25, -0.2) is 0 Å². The normalized spacial score (nSPS) is 11.3. The van der Waals surface area contributed by atoms with Gasteiger partial charge >= 0.3 is 0 Å². The minimum Gasteiger partial charge on any atom is -0.493 e. The zero-order valence-corrected chi connectivity index (χ0v) is 16.0. The molecule has 0 aliphatic carbocycles. The SMILES string of the molecule is CC(C)COc1ccc(/C=C(\C#N)C(=O)Nc2cccc3ccccc23)cc1. The third kappa shape index (κ3) is 4.77. The van der Waals surface area contributed by atoms with Crippen LogP contribution in [0.25, 0.3) is 16.8 Å². The van der Waals surface area contributed by atoms with Gasteiger partial charge in [-0.2, -0.15) is 5.26 Å². The van der Waals surface area contributed by atoms with E-state index in [1.54, 1.807) is 6.08 Å². The van der Waals surface area contributed by atoms with Crippen LogP contribution in [0.15, 0.2) is 72.3 Å². The lowest BCUT2D eigenvalue weighted by Gasteiger charge is -2.09. The number of carbonyl (C=O) groups excluding carboxylic acids is 1. The minimum absolute atomic E-state index is 0.0452. The Labute approximate surface area is 165 Å². The van der Waals surface area contributed by atoms with Crippen LogP contribution in [-0.4, -0.2) is 12.5 Å². The molecule has 0 radical (unpaired) electrons. The summed E-state index contributed by atoms with van der Waals surface area (Å²) in [6.45, 7) is 4.82. The third-order valence-electron chi connectivity index (χ3n) is 4.18. The van der Waals surface area contributed by atoms with Crippen molar-refractivity contribution in [1.29, 1.82) is 5.26 Å². The summed E-state index contributed by atoms with van der Waals surface area (Å²) >= 11 is 0. The topological polar surface area (TPSA) is 62.1 Å². The lowest BCUT2D eigenvalue weighted by molar-refractivity contribution is -0.112. The van der Waals surface area contributed by atoms with Crippen LogP contribution in [0.2, 0.25) is 0 Å². The Morgan fingerprint density at radius 3 is 2.50 bits per heavy atom. The van der Waals surface area contributed by atoms with E-state index >= 15 is 0 Å². The van der Waals surface area contributed by atoms with Gasteiger partial charge in [0.05, 0.1) is 6.61 Å². The number of hydrogen-bond donors (Lipinski definition) is 1. The van der Waals surface area contributed by atoms with Crippen LogP contribution in [-0.2, 0) is 4.79 Å². The Bertz CT molecular complexity index is 1040. The third-order valence-corrected chi connectivity index (χ3v) is 4.18. The van der Waals surface area contributed by atoms with E-state index in [4.69, 9.17) is 4.74 Å². The summed E-state index contributed by atoms with van der Waals surface area (Å²) in [5.74, 6) is 0.783. The predicted molar refractivity (Wildman–Crippen MR) is 113 cm³/mol. The highest BCUT2D eigenvalue weighted by Gasteiger charge is 2.11. The van der Waals surface area contributed by atoms with E-state index in [9.17, 15) is 10.1 Å². The molecule has 140 valence electrons. The monoisotopic (exact) mass is 370 g/mol. The van der Waals surface area contributed by atoms with Gasteiger partial charge in [0, 0.05) is 11.1 Å². The largest absolute Gasteiger partial charge is 0.493 e. The Balaban J connectivity index is 1.77. The summed E-state index contributed by atoms with van der Waals surface area (Å²) in [5.41, 5.74) is 1.49. The molecule has 0 aromatic heterocycles. The molecule has 3 aromatic rings. The summed E-state index contributed by atoms with van der Waals surface area (Å²) in [7, 11) is 0. The van der Waals surface area contributed by atoms with Crippen molar-refractivity contribution in [2.75, 3.05) is 11.9 Å². The maximum Gasteiger partial charge on any atom is 0.266 e. The molecule has 0 spiro atoms. The van der Waals surface area contributed by atoms with Gasteiger partial charge in [-0.15, -0.1) is 0 Å². The first-order valence-electron chi connectivity index (χ1n) is 9.20. The number of hydrogen-bond acceptors (Lipinski definition) is 3. The van der Waals surface area contributed by atoms with E-state index < -0.39 is 5.91 Å². The number of rotatable bonds is 6. The standard InChI is InChI=1S/C24H22N2O2/c1-17(2)16-28-21-12-10-18(11-13-21)14-20(15-25)24(27)26-23-9-5-7-19-6-3-4-8-22(19)23/h3-14,17H,16H2,1-2H3,(H,26,27)/b20-14+. The van der Waals surface area contributed by atoms with Gasteiger partial charge in [-0.3, -0.25) is 4.79 Å². The molecule has 0 atom stereocenters. The van der Waals surface area contributed by atoms with Crippen LogP contribution in [0.5, 0.6) is 5.75 Å². The number of anilines is 1. The lowest BCUT2D eigenvalue weighted by atomic mass is 10.1. The molecule has 1 amide bonds. The van der Waals surface area contributed by atoms with Crippen LogP contribution >= 0.6 is 0 Å². The van der Waals surface area contributed by atoms with Gasteiger partial charge in [-0.05, 0) is 41.1 Å². The highest BCUT2D eigenvalue weighted by atomic mass is 16.5. The molecule has 3 aromatic carbocycles. The fourth-order valence-corrected chi connectivity index (χ4v) is 2.76. The summed E-state index contributed by atoms with van der Waals surface area (Å²) in [6.07, 6.45) is 1.58. The Kier molecular flexibility index (Phi) is 6.08. The van der Waals surface area contributed by atoms with Gasteiger partial charge < -0.3 is 10.1 Å². The molecule has 4 nitrogen and oxygen atoms in total. The molecular formula is C24H22N2O2. The Hall–Kier alpha value is -3.58. The second kappa shape index (κ2) is 8.88. The zero-order valence-electron chi connectivity index (χ0n) is 16.0. The predicted octanol–water partition coefficient (Wildman–Crippen LogP) is 5.42. The van der Waals surface area contributed by atoms with E-state index in [0.717, 1.165) is 22.1 Å². The number of amides is 1.